The molecule has 2 aromatic heterocycles. The molecule has 0 aliphatic carbocycles. The Balaban J connectivity index is 1.85. The average molecular weight is 294 g/mol. The van der Waals surface area contributed by atoms with Gasteiger partial charge in [-0.25, -0.2) is 9.97 Å². The van der Waals surface area contributed by atoms with E-state index in [1.165, 1.54) is 23.2 Å². The van der Waals surface area contributed by atoms with Crippen LogP contribution in [0.4, 0.5) is 0 Å². The van der Waals surface area contributed by atoms with Gasteiger partial charge in [0.15, 0.2) is 0 Å². The fourth-order valence-corrected chi connectivity index (χ4v) is 3.15. The number of carbonyl (C=O) groups excluding carboxylic acids is 1. The summed E-state index contributed by atoms with van der Waals surface area (Å²) in [5.74, 6) is 0.253. The van der Waals surface area contributed by atoms with Crippen LogP contribution in [0, 0.1) is 0 Å². The molecule has 3 rings (SSSR count). The second-order valence-electron chi connectivity index (χ2n) is 4.83. The molecule has 2 heterocycles. The number of hydrogen-bond acceptors (Lipinski definition) is 4. The molecule has 0 saturated heterocycles. The van der Waals surface area contributed by atoms with Gasteiger partial charge < -0.3 is 0 Å². The van der Waals surface area contributed by atoms with Gasteiger partial charge in [0, 0.05) is 18.3 Å². The maximum atomic E-state index is 12.3. The molecule has 104 valence electrons. The molecular formula is C17H14N2OS. The number of benzene rings is 1. The minimum absolute atomic E-state index is 0.0212. The van der Waals surface area contributed by atoms with Crippen LogP contribution in [0.2, 0.25) is 0 Å². The van der Waals surface area contributed by atoms with E-state index in [0.717, 1.165) is 10.4 Å². The second-order valence-corrected chi connectivity index (χ2v) is 5.74. The number of thiophene rings is 1. The zero-order chi connectivity index (χ0) is 14.7. The van der Waals surface area contributed by atoms with Crippen LogP contribution in [0.3, 0.4) is 0 Å². The second kappa shape index (κ2) is 5.97. The lowest BCUT2D eigenvalue weighted by atomic mass is 9.95. The van der Waals surface area contributed by atoms with E-state index in [2.05, 4.69) is 34.4 Å². The van der Waals surface area contributed by atoms with Gasteiger partial charge in [-0.2, -0.15) is 0 Å². The molecule has 4 heteroatoms. The average Bonchev–Trinajstić information content (AvgIpc) is 3.05. The van der Waals surface area contributed by atoms with Crippen LogP contribution < -0.4 is 0 Å². The van der Waals surface area contributed by atoms with Crippen molar-refractivity contribution in [3.63, 3.8) is 0 Å². The Morgan fingerprint density at radius 1 is 1.10 bits per heavy atom. The number of hydrogen-bond donors (Lipinski definition) is 0. The first-order valence-electron chi connectivity index (χ1n) is 6.69. The van der Waals surface area contributed by atoms with Gasteiger partial charge in [0.1, 0.15) is 6.33 Å². The van der Waals surface area contributed by atoms with Crippen LogP contribution >= 0.6 is 11.3 Å². The van der Waals surface area contributed by atoms with Crippen LogP contribution in [-0.2, 0) is 0 Å². The van der Waals surface area contributed by atoms with E-state index >= 15 is 0 Å². The van der Waals surface area contributed by atoms with E-state index in [0.29, 0.717) is 5.56 Å². The van der Waals surface area contributed by atoms with Crippen molar-refractivity contribution >= 4 is 17.1 Å². The molecule has 3 nitrogen and oxygen atoms in total. The third kappa shape index (κ3) is 2.90. The molecule has 0 bridgehead atoms. The standard InChI is InChI=1S/C17H14N2OS/c1-12(13-5-3-2-4-6-13)14-7-16(21-10-14)17(20)15-8-18-11-19-9-15/h2-12H,1H3/t12-/m1/s1. The molecule has 1 atom stereocenters. The third-order valence-electron chi connectivity index (χ3n) is 3.47. The first-order chi connectivity index (χ1) is 10.3. The van der Waals surface area contributed by atoms with E-state index < -0.39 is 0 Å². The lowest BCUT2D eigenvalue weighted by molar-refractivity contribution is 0.104. The number of nitrogens with zero attached hydrogens (tertiary/aromatic N) is 2. The van der Waals surface area contributed by atoms with Crippen molar-refractivity contribution in [2.45, 2.75) is 12.8 Å². The van der Waals surface area contributed by atoms with Crippen molar-refractivity contribution in [2.75, 3.05) is 0 Å². The minimum Gasteiger partial charge on any atom is -0.288 e. The maximum Gasteiger partial charge on any atom is 0.206 e. The molecule has 1 aromatic carbocycles. The van der Waals surface area contributed by atoms with Crippen molar-refractivity contribution in [3.8, 4) is 0 Å². The Morgan fingerprint density at radius 2 is 1.81 bits per heavy atom. The summed E-state index contributed by atoms with van der Waals surface area (Å²) in [7, 11) is 0. The van der Waals surface area contributed by atoms with Gasteiger partial charge in [0.05, 0.1) is 10.4 Å². The zero-order valence-corrected chi connectivity index (χ0v) is 12.4. The normalized spacial score (nSPS) is 12.0. The molecule has 0 spiro atoms. The quantitative estimate of drug-likeness (QED) is 0.685. The molecular weight excluding hydrogens is 280 g/mol. The van der Waals surface area contributed by atoms with Crippen molar-refractivity contribution < 1.29 is 4.79 Å². The predicted molar refractivity (Wildman–Crippen MR) is 83.7 cm³/mol. The molecule has 0 aliphatic rings. The molecule has 0 N–H and O–H groups in total. The summed E-state index contributed by atoms with van der Waals surface area (Å²) in [4.78, 5) is 20.9. The molecule has 0 aliphatic heterocycles. The first kappa shape index (κ1) is 13.6. The Hall–Kier alpha value is -2.33. The van der Waals surface area contributed by atoms with Crippen LogP contribution in [-0.4, -0.2) is 15.8 Å². The van der Waals surface area contributed by atoms with E-state index in [1.54, 1.807) is 12.4 Å². The Labute approximate surface area is 127 Å². The molecule has 0 fully saturated rings. The SMILES string of the molecule is C[C@H](c1ccccc1)c1csc(C(=O)c2cncnc2)c1. The molecule has 0 saturated carbocycles. The van der Waals surface area contributed by atoms with Gasteiger partial charge in [-0.3, -0.25) is 4.79 Å². The van der Waals surface area contributed by atoms with Gasteiger partial charge in [0.2, 0.25) is 5.78 Å². The number of ketones is 1. The highest BCUT2D eigenvalue weighted by Crippen LogP contribution is 2.28. The lowest BCUT2D eigenvalue weighted by Crippen LogP contribution is -2.00. The Morgan fingerprint density at radius 3 is 2.52 bits per heavy atom. The lowest BCUT2D eigenvalue weighted by Gasteiger charge is -2.09. The van der Waals surface area contributed by atoms with E-state index in [1.807, 2.05) is 24.3 Å². The van der Waals surface area contributed by atoms with Crippen molar-refractivity contribution in [1.29, 1.82) is 0 Å². The highest BCUT2D eigenvalue weighted by Gasteiger charge is 2.15. The summed E-state index contributed by atoms with van der Waals surface area (Å²) >= 11 is 1.47. The molecule has 0 unspecified atom stereocenters. The fourth-order valence-electron chi connectivity index (χ4n) is 2.19. The van der Waals surface area contributed by atoms with Crippen molar-refractivity contribution in [1.82, 2.24) is 9.97 Å². The summed E-state index contributed by atoms with van der Waals surface area (Å²) in [5, 5.41) is 2.05. The molecule has 3 aromatic rings. The predicted octanol–water partition coefficient (Wildman–Crippen LogP) is 3.92. The topological polar surface area (TPSA) is 42.9 Å². The van der Waals surface area contributed by atoms with E-state index in [4.69, 9.17) is 0 Å². The number of aromatic nitrogens is 2. The minimum atomic E-state index is -0.0212. The summed E-state index contributed by atoms with van der Waals surface area (Å²) in [6.07, 6.45) is 4.53. The zero-order valence-electron chi connectivity index (χ0n) is 11.6. The maximum absolute atomic E-state index is 12.3. The van der Waals surface area contributed by atoms with Crippen molar-refractivity contribution in [2.24, 2.45) is 0 Å². The highest BCUT2D eigenvalue weighted by atomic mass is 32.1. The first-order valence-corrected chi connectivity index (χ1v) is 7.57. The molecule has 0 radical (unpaired) electrons. The van der Waals surface area contributed by atoms with Gasteiger partial charge in [-0.05, 0) is 22.6 Å². The van der Waals surface area contributed by atoms with Crippen LogP contribution in [0.25, 0.3) is 0 Å². The van der Waals surface area contributed by atoms with Gasteiger partial charge in [-0.1, -0.05) is 37.3 Å². The smallest absolute Gasteiger partial charge is 0.206 e. The van der Waals surface area contributed by atoms with E-state index in [-0.39, 0.29) is 11.7 Å². The van der Waals surface area contributed by atoms with Gasteiger partial charge in [0.25, 0.3) is 0 Å². The Bertz CT molecular complexity index is 738. The van der Waals surface area contributed by atoms with Gasteiger partial charge in [-0.15, -0.1) is 11.3 Å². The van der Waals surface area contributed by atoms with Crippen LogP contribution in [0.1, 0.15) is 39.2 Å². The van der Waals surface area contributed by atoms with Crippen LogP contribution in [0.5, 0.6) is 0 Å². The summed E-state index contributed by atoms with van der Waals surface area (Å²) in [5.41, 5.74) is 2.93. The summed E-state index contributed by atoms with van der Waals surface area (Å²) in [6, 6.07) is 12.3. The molecule has 0 amide bonds. The largest absolute Gasteiger partial charge is 0.288 e. The van der Waals surface area contributed by atoms with Crippen molar-refractivity contribution in [3.05, 3.63) is 82.1 Å². The van der Waals surface area contributed by atoms with Crippen LogP contribution in [0.15, 0.2) is 60.5 Å². The monoisotopic (exact) mass is 294 g/mol. The fraction of sp³-hybridized carbons (Fsp3) is 0.118. The highest BCUT2D eigenvalue weighted by molar-refractivity contribution is 7.12. The summed E-state index contributed by atoms with van der Waals surface area (Å²) in [6.45, 7) is 2.15. The summed E-state index contributed by atoms with van der Waals surface area (Å²) < 4.78 is 0. The van der Waals surface area contributed by atoms with Gasteiger partial charge >= 0.3 is 0 Å². The van der Waals surface area contributed by atoms with E-state index in [9.17, 15) is 4.79 Å². The Kier molecular flexibility index (Phi) is 3.88. The molecule has 21 heavy (non-hydrogen) atoms. The third-order valence-corrected chi connectivity index (χ3v) is 4.41. The number of carbonyl (C=O) groups is 1. The number of rotatable bonds is 4.